The van der Waals surface area contributed by atoms with E-state index < -0.39 is 0 Å². The van der Waals surface area contributed by atoms with Crippen LogP contribution in [-0.4, -0.2) is 24.4 Å². The lowest BCUT2D eigenvalue weighted by atomic mass is 10.0. The van der Waals surface area contributed by atoms with Crippen molar-refractivity contribution in [1.82, 2.24) is 4.98 Å². The number of hydrogen-bond acceptors (Lipinski definition) is 5. The second kappa shape index (κ2) is 7.70. The molecule has 28 heavy (non-hydrogen) atoms. The van der Waals surface area contributed by atoms with Crippen molar-refractivity contribution >= 4 is 23.0 Å². The number of carbonyl (C=O) groups excluding carboxylic acids is 1. The van der Waals surface area contributed by atoms with Crippen molar-refractivity contribution in [3.05, 3.63) is 71.4 Å². The molecule has 0 saturated carbocycles. The molecule has 0 fully saturated rings. The molecule has 6 heteroatoms. The first-order valence-corrected chi connectivity index (χ1v) is 9.15. The average molecular weight is 380 g/mol. The fourth-order valence-electron chi connectivity index (χ4n) is 3.15. The zero-order valence-electron chi connectivity index (χ0n) is 15.9. The molecule has 1 aliphatic rings. The normalized spacial score (nSPS) is 12.9. The molecular weight excluding hydrogens is 352 g/mol. The van der Waals surface area contributed by atoms with Gasteiger partial charge in [-0.25, -0.2) is 0 Å². The van der Waals surface area contributed by atoms with Crippen LogP contribution < -0.4 is 16.0 Å². The summed E-state index contributed by atoms with van der Waals surface area (Å²) in [7, 11) is 0. The Morgan fingerprint density at radius 2 is 1.89 bits per heavy atom. The first-order chi connectivity index (χ1) is 13.6. The van der Waals surface area contributed by atoms with Gasteiger partial charge in [-0.05, 0) is 55.3 Å². The number of nitrogens with one attached hydrogen (secondary N) is 3. The van der Waals surface area contributed by atoms with Crippen LogP contribution in [0.3, 0.4) is 0 Å². The Morgan fingerprint density at radius 3 is 2.68 bits per heavy atom. The van der Waals surface area contributed by atoms with Gasteiger partial charge in [0.1, 0.15) is 13.5 Å². The molecule has 3 aromatic rings. The fourth-order valence-corrected chi connectivity index (χ4v) is 3.15. The second-order valence-corrected chi connectivity index (χ2v) is 6.74. The zero-order valence-corrected chi connectivity index (χ0v) is 15.9. The molecule has 0 aliphatic carbocycles. The van der Waals surface area contributed by atoms with Gasteiger partial charge in [-0.2, -0.15) is 0 Å². The van der Waals surface area contributed by atoms with E-state index in [2.05, 4.69) is 40.8 Å². The maximum Gasteiger partial charge on any atom is 0.257 e. The molecule has 0 saturated heterocycles. The lowest BCUT2D eigenvalue weighted by Crippen LogP contribution is -2.12. The van der Waals surface area contributed by atoms with Crippen molar-refractivity contribution in [2.45, 2.75) is 13.8 Å². The number of benzene rings is 2. The fraction of sp³-hybridized carbons (Fsp3) is 0.182. The van der Waals surface area contributed by atoms with E-state index in [0.29, 0.717) is 24.7 Å². The van der Waals surface area contributed by atoms with Crippen LogP contribution in [0.15, 0.2) is 54.7 Å². The first-order valence-electron chi connectivity index (χ1n) is 9.15. The van der Waals surface area contributed by atoms with Crippen LogP contribution in [0.2, 0.25) is 0 Å². The Kier molecular flexibility index (Phi) is 4.95. The molecule has 1 aromatic heterocycles. The third kappa shape index (κ3) is 3.68. The summed E-state index contributed by atoms with van der Waals surface area (Å²) in [6.45, 7) is 5.03. The van der Waals surface area contributed by atoms with Crippen molar-refractivity contribution in [2.24, 2.45) is 0 Å². The van der Waals surface area contributed by atoms with E-state index in [9.17, 15) is 4.79 Å². The van der Waals surface area contributed by atoms with E-state index in [1.54, 1.807) is 12.3 Å². The van der Waals surface area contributed by atoms with E-state index in [-0.39, 0.29) is 10.2 Å². The number of rotatable bonds is 3. The number of ether oxygens (including phenoxy) is 1. The number of hydrogen-bond donors (Lipinski definition) is 3. The van der Waals surface area contributed by atoms with Gasteiger partial charge in [0, 0.05) is 21.7 Å². The second-order valence-electron chi connectivity index (χ2n) is 6.74. The maximum atomic E-state index is 12.6. The minimum atomic E-state index is -0.196. The molecule has 0 bridgehead atoms. The predicted octanol–water partition coefficient (Wildman–Crippen LogP) is 5.12. The molecule has 148 valence electrons. The molecule has 2 heterocycles. The average Bonchev–Trinajstić information content (AvgIpc) is 2.95. The van der Waals surface area contributed by atoms with Crippen LogP contribution in [0.5, 0.6) is 0 Å². The summed E-state index contributed by atoms with van der Waals surface area (Å²) in [5.74, 6) is -0.196. The SMILES string of the molecule is Cc1cccc(-c2ccc(C(=O)Nc3ccc4c(c3)NCOCN4)cn2)c1C.[HH].[HH].[HH]. The first kappa shape index (κ1) is 18.0. The summed E-state index contributed by atoms with van der Waals surface area (Å²) >= 11 is 0. The van der Waals surface area contributed by atoms with Gasteiger partial charge in [-0.15, -0.1) is 0 Å². The molecule has 3 N–H and O–H groups in total. The summed E-state index contributed by atoms with van der Waals surface area (Å²) < 4.78 is 5.31. The third-order valence-corrected chi connectivity index (χ3v) is 4.91. The van der Waals surface area contributed by atoms with Crippen LogP contribution >= 0.6 is 0 Å². The van der Waals surface area contributed by atoms with Gasteiger partial charge in [-0.1, -0.05) is 18.2 Å². The highest BCUT2D eigenvalue weighted by Crippen LogP contribution is 2.27. The van der Waals surface area contributed by atoms with Gasteiger partial charge in [-0.3, -0.25) is 9.78 Å². The number of pyridine rings is 1. The molecule has 1 aliphatic heterocycles. The molecule has 0 radical (unpaired) electrons. The third-order valence-electron chi connectivity index (χ3n) is 4.91. The van der Waals surface area contributed by atoms with Gasteiger partial charge in [0.05, 0.1) is 22.6 Å². The summed E-state index contributed by atoms with van der Waals surface area (Å²) in [5.41, 5.74) is 7.40. The lowest BCUT2D eigenvalue weighted by molar-refractivity contribution is 0.102. The van der Waals surface area contributed by atoms with Gasteiger partial charge in [0.2, 0.25) is 0 Å². The quantitative estimate of drug-likeness (QED) is 0.588. The van der Waals surface area contributed by atoms with Crippen LogP contribution in [0.25, 0.3) is 11.3 Å². The molecule has 4 rings (SSSR count). The monoisotopic (exact) mass is 380 g/mol. The van der Waals surface area contributed by atoms with Gasteiger partial charge in [0.25, 0.3) is 5.91 Å². The maximum absolute atomic E-state index is 12.6. The molecule has 0 spiro atoms. The highest BCUT2D eigenvalue weighted by Gasteiger charge is 2.12. The number of aromatic nitrogens is 1. The smallest absolute Gasteiger partial charge is 0.257 e. The van der Waals surface area contributed by atoms with Gasteiger partial charge >= 0.3 is 0 Å². The van der Waals surface area contributed by atoms with Gasteiger partial charge in [0.15, 0.2) is 0 Å². The number of amides is 1. The topological polar surface area (TPSA) is 75.3 Å². The van der Waals surface area contributed by atoms with E-state index in [4.69, 9.17) is 4.74 Å². The van der Waals surface area contributed by atoms with Crippen LogP contribution in [-0.2, 0) is 4.74 Å². The van der Waals surface area contributed by atoms with Crippen LogP contribution in [0.4, 0.5) is 17.1 Å². The Labute approximate surface area is 168 Å². The minimum absolute atomic E-state index is 0. The summed E-state index contributed by atoms with van der Waals surface area (Å²) in [5, 5.41) is 9.25. The molecule has 1 amide bonds. The van der Waals surface area contributed by atoms with E-state index in [0.717, 1.165) is 22.6 Å². The Hall–Kier alpha value is -3.38. The molecule has 0 unspecified atom stereocenters. The van der Waals surface area contributed by atoms with E-state index in [1.165, 1.54) is 11.1 Å². The van der Waals surface area contributed by atoms with Crippen LogP contribution in [0.1, 0.15) is 25.8 Å². The number of anilines is 3. The van der Waals surface area contributed by atoms with Crippen LogP contribution in [0, 0.1) is 13.8 Å². The minimum Gasteiger partial charge on any atom is -0.361 e. The molecule has 0 atom stereocenters. The van der Waals surface area contributed by atoms with Gasteiger partial charge < -0.3 is 20.7 Å². The van der Waals surface area contributed by atoms with Crippen molar-refractivity contribution in [3.8, 4) is 11.3 Å². The highest BCUT2D eigenvalue weighted by atomic mass is 16.5. The zero-order chi connectivity index (χ0) is 19.5. The number of nitrogens with zero attached hydrogens (tertiary/aromatic N) is 1. The van der Waals surface area contributed by atoms with Crippen molar-refractivity contribution < 1.29 is 13.8 Å². The summed E-state index contributed by atoms with van der Waals surface area (Å²) in [6.07, 6.45) is 1.61. The number of carbonyl (C=O) groups is 1. The number of aryl methyl sites for hydroxylation is 1. The lowest BCUT2D eigenvalue weighted by Gasteiger charge is -2.11. The molecule has 2 aromatic carbocycles. The van der Waals surface area contributed by atoms with E-state index in [1.807, 2.05) is 36.4 Å². The Balaban J connectivity index is 0.00000160. The molecule has 6 nitrogen and oxygen atoms in total. The summed E-state index contributed by atoms with van der Waals surface area (Å²) in [4.78, 5) is 17.1. The van der Waals surface area contributed by atoms with E-state index >= 15 is 0 Å². The molecular formula is C22H28N4O2. The Bertz CT molecular complexity index is 1030. The van der Waals surface area contributed by atoms with Crippen molar-refractivity contribution in [2.75, 3.05) is 29.4 Å². The standard InChI is InChI=1S/C22H22N4O2.3H2/c1-14-4-3-5-18(15(14)2)19-8-6-16(11-23-19)22(27)26-17-7-9-20-21(10-17)25-13-28-12-24-20;;;/h3-11,24-25H,12-13H2,1-2H3,(H,26,27);3*1H. The summed E-state index contributed by atoms with van der Waals surface area (Å²) in [6, 6.07) is 15.5. The highest BCUT2D eigenvalue weighted by molar-refractivity contribution is 6.04. The largest absolute Gasteiger partial charge is 0.361 e. The Morgan fingerprint density at radius 1 is 1.07 bits per heavy atom. The van der Waals surface area contributed by atoms with Crippen molar-refractivity contribution in [3.63, 3.8) is 0 Å². The predicted molar refractivity (Wildman–Crippen MR) is 118 cm³/mol. The number of fused-ring (bicyclic) bond motifs is 1. The van der Waals surface area contributed by atoms with Crippen molar-refractivity contribution in [1.29, 1.82) is 0 Å².